The summed E-state index contributed by atoms with van der Waals surface area (Å²) in [4.78, 5) is 13.3. The van der Waals surface area contributed by atoms with Crippen LogP contribution in [0.2, 0.25) is 0 Å². The molecule has 0 unspecified atom stereocenters. The Morgan fingerprint density at radius 2 is 1.90 bits per heavy atom. The Balaban J connectivity index is 2.42. The minimum atomic E-state index is -0.471. The Bertz CT molecular complexity index is 438. The molecule has 0 aliphatic carbocycles. The standard InChI is InChI=1S/C16H25NO3/c1-6-13-9-7-8-10-14(13)19-12-11-17(5)15(18)20-16(2,3)4/h7-10H,6,11-12H2,1-5H3. The lowest BCUT2D eigenvalue weighted by molar-refractivity contribution is 0.0278. The number of para-hydroxylation sites is 1. The van der Waals surface area contributed by atoms with Gasteiger partial charge in [-0.1, -0.05) is 25.1 Å². The van der Waals surface area contributed by atoms with E-state index in [0.29, 0.717) is 13.2 Å². The maximum atomic E-state index is 11.8. The quantitative estimate of drug-likeness (QED) is 0.828. The van der Waals surface area contributed by atoms with E-state index in [4.69, 9.17) is 9.47 Å². The third-order valence-corrected chi connectivity index (χ3v) is 2.74. The van der Waals surface area contributed by atoms with E-state index in [2.05, 4.69) is 6.92 Å². The van der Waals surface area contributed by atoms with Crippen molar-refractivity contribution in [1.82, 2.24) is 4.90 Å². The molecule has 0 bridgehead atoms. The highest BCUT2D eigenvalue weighted by Gasteiger charge is 2.19. The molecule has 0 atom stereocenters. The van der Waals surface area contributed by atoms with Crippen LogP contribution in [-0.2, 0) is 11.2 Å². The highest BCUT2D eigenvalue weighted by Crippen LogP contribution is 2.18. The van der Waals surface area contributed by atoms with Crippen LogP contribution in [-0.4, -0.2) is 36.8 Å². The van der Waals surface area contributed by atoms with Crippen LogP contribution in [0.5, 0.6) is 5.75 Å². The molecule has 1 rings (SSSR count). The van der Waals surface area contributed by atoms with Gasteiger partial charge in [0.15, 0.2) is 0 Å². The van der Waals surface area contributed by atoms with Crippen LogP contribution in [0.1, 0.15) is 33.3 Å². The van der Waals surface area contributed by atoms with Gasteiger partial charge in [0.05, 0.1) is 6.54 Å². The highest BCUT2D eigenvalue weighted by molar-refractivity contribution is 5.67. The second-order valence-electron chi connectivity index (χ2n) is 5.71. The molecule has 112 valence electrons. The number of ether oxygens (including phenoxy) is 2. The number of hydrogen-bond donors (Lipinski definition) is 0. The molecule has 1 aromatic carbocycles. The fourth-order valence-corrected chi connectivity index (χ4v) is 1.66. The molecule has 0 aromatic heterocycles. The Labute approximate surface area is 121 Å². The van der Waals surface area contributed by atoms with Gasteiger partial charge in [0, 0.05) is 7.05 Å². The first-order valence-corrected chi connectivity index (χ1v) is 6.98. The molecule has 1 aromatic rings. The largest absolute Gasteiger partial charge is 0.491 e. The van der Waals surface area contributed by atoms with Gasteiger partial charge in [-0.05, 0) is 38.8 Å². The first kappa shape index (κ1) is 16.3. The van der Waals surface area contributed by atoms with E-state index >= 15 is 0 Å². The molecule has 0 spiro atoms. The Morgan fingerprint density at radius 3 is 2.50 bits per heavy atom. The van der Waals surface area contributed by atoms with Crippen LogP contribution >= 0.6 is 0 Å². The van der Waals surface area contributed by atoms with Crippen LogP contribution in [0.4, 0.5) is 4.79 Å². The lowest BCUT2D eigenvalue weighted by Crippen LogP contribution is -2.36. The predicted octanol–water partition coefficient (Wildman–Crippen LogP) is 3.49. The number of hydrogen-bond acceptors (Lipinski definition) is 3. The number of carbonyl (C=O) groups excluding carboxylic acids is 1. The summed E-state index contributed by atoms with van der Waals surface area (Å²) < 4.78 is 11.0. The number of likely N-dealkylation sites (N-methyl/N-ethyl adjacent to an activating group) is 1. The molecule has 0 saturated carbocycles. The van der Waals surface area contributed by atoms with Gasteiger partial charge < -0.3 is 14.4 Å². The third kappa shape index (κ3) is 5.51. The number of aryl methyl sites for hydroxylation is 1. The van der Waals surface area contributed by atoms with Crippen LogP contribution in [0.25, 0.3) is 0 Å². The summed E-state index contributed by atoms with van der Waals surface area (Å²) in [6.07, 6.45) is 0.600. The zero-order valence-corrected chi connectivity index (χ0v) is 13.1. The van der Waals surface area contributed by atoms with Crippen molar-refractivity contribution in [2.75, 3.05) is 20.2 Å². The van der Waals surface area contributed by atoms with Gasteiger partial charge in [0.2, 0.25) is 0 Å². The summed E-state index contributed by atoms with van der Waals surface area (Å²) in [5.41, 5.74) is 0.702. The fourth-order valence-electron chi connectivity index (χ4n) is 1.66. The number of carbonyl (C=O) groups is 1. The number of amides is 1. The Hall–Kier alpha value is -1.71. The maximum absolute atomic E-state index is 11.8. The van der Waals surface area contributed by atoms with E-state index in [-0.39, 0.29) is 6.09 Å². The van der Waals surface area contributed by atoms with Gasteiger partial charge in [-0.25, -0.2) is 4.79 Å². The molecule has 0 saturated heterocycles. The van der Waals surface area contributed by atoms with Crippen molar-refractivity contribution in [3.05, 3.63) is 29.8 Å². The summed E-state index contributed by atoms with van der Waals surface area (Å²) in [5.74, 6) is 0.882. The molecule has 1 amide bonds. The van der Waals surface area contributed by atoms with Crippen molar-refractivity contribution < 1.29 is 14.3 Å². The number of benzene rings is 1. The summed E-state index contributed by atoms with van der Waals surface area (Å²) in [6, 6.07) is 7.95. The van der Waals surface area contributed by atoms with Crippen molar-refractivity contribution in [3.63, 3.8) is 0 Å². The average Bonchev–Trinajstić information content (AvgIpc) is 2.37. The summed E-state index contributed by atoms with van der Waals surface area (Å²) in [6.45, 7) is 8.60. The second kappa shape index (κ2) is 7.17. The topological polar surface area (TPSA) is 38.8 Å². The first-order chi connectivity index (χ1) is 9.33. The van der Waals surface area contributed by atoms with Crippen molar-refractivity contribution in [2.45, 2.75) is 39.7 Å². The molecular weight excluding hydrogens is 254 g/mol. The van der Waals surface area contributed by atoms with Crippen molar-refractivity contribution in [1.29, 1.82) is 0 Å². The maximum Gasteiger partial charge on any atom is 0.410 e. The molecular formula is C16H25NO3. The average molecular weight is 279 g/mol. The minimum Gasteiger partial charge on any atom is -0.491 e. The molecule has 20 heavy (non-hydrogen) atoms. The zero-order valence-electron chi connectivity index (χ0n) is 13.1. The molecule has 0 fully saturated rings. The van der Waals surface area contributed by atoms with Crippen molar-refractivity contribution in [2.24, 2.45) is 0 Å². The highest BCUT2D eigenvalue weighted by atomic mass is 16.6. The van der Waals surface area contributed by atoms with E-state index in [1.165, 1.54) is 10.5 Å². The number of nitrogens with zero attached hydrogens (tertiary/aromatic N) is 1. The van der Waals surface area contributed by atoms with Crippen LogP contribution in [0, 0.1) is 0 Å². The van der Waals surface area contributed by atoms with Crippen molar-refractivity contribution >= 4 is 6.09 Å². The Kier molecular flexibility index (Phi) is 5.86. The lowest BCUT2D eigenvalue weighted by Gasteiger charge is -2.24. The smallest absolute Gasteiger partial charge is 0.410 e. The van der Waals surface area contributed by atoms with Gasteiger partial charge >= 0.3 is 6.09 Å². The molecule has 0 radical (unpaired) electrons. The third-order valence-electron chi connectivity index (χ3n) is 2.74. The summed E-state index contributed by atoms with van der Waals surface area (Å²) in [7, 11) is 1.71. The lowest BCUT2D eigenvalue weighted by atomic mass is 10.1. The van der Waals surface area contributed by atoms with Crippen LogP contribution in [0.3, 0.4) is 0 Å². The van der Waals surface area contributed by atoms with E-state index in [0.717, 1.165) is 12.2 Å². The van der Waals surface area contributed by atoms with Gasteiger partial charge in [-0.15, -0.1) is 0 Å². The molecule has 0 N–H and O–H groups in total. The van der Waals surface area contributed by atoms with E-state index in [9.17, 15) is 4.79 Å². The van der Waals surface area contributed by atoms with Crippen LogP contribution < -0.4 is 4.74 Å². The molecule has 0 aliphatic rings. The molecule has 0 aliphatic heterocycles. The van der Waals surface area contributed by atoms with Gasteiger partial charge in [0.1, 0.15) is 18.0 Å². The minimum absolute atomic E-state index is 0.329. The first-order valence-electron chi connectivity index (χ1n) is 6.98. The molecule has 4 nitrogen and oxygen atoms in total. The normalized spacial score (nSPS) is 11.1. The van der Waals surface area contributed by atoms with E-state index in [1.54, 1.807) is 7.05 Å². The monoisotopic (exact) mass is 279 g/mol. The number of rotatable bonds is 5. The van der Waals surface area contributed by atoms with Gasteiger partial charge in [-0.3, -0.25) is 0 Å². The fraction of sp³-hybridized carbons (Fsp3) is 0.562. The van der Waals surface area contributed by atoms with E-state index < -0.39 is 5.60 Å². The van der Waals surface area contributed by atoms with Gasteiger partial charge in [-0.2, -0.15) is 0 Å². The van der Waals surface area contributed by atoms with E-state index in [1.807, 2.05) is 45.0 Å². The van der Waals surface area contributed by atoms with Crippen molar-refractivity contribution in [3.8, 4) is 5.75 Å². The summed E-state index contributed by atoms with van der Waals surface area (Å²) in [5, 5.41) is 0. The zero-order chi connectivity index (χ0) is 15.2. The van der Waals surface area contributed by atoms with Gasteiger partial charge in [0.25, 0.3) is 0 Å². The molecule has 0 heterocycles. The summed E-state index contributed by atoms with van der Waals surface area (Å²) >= 11 is 0. The molecule has 4 heteroatoms. The Morgan fingerprint density at radius 1 is 1.25 bits per heavy atom. The SMILES string of the molecule is CCc1ccccc1OCCN(C)C(=O)OC(C)(C)C. The van der Waals surface area contributed by atoms with Crippen LogP contribution in [0.15, 0.2) is 24.3 Å². The second-order valence-corrected chi connectivity index (χ2v) is 5.71. The predicted molar refractivity (Wildman–Crippen MR) is 80.2 cm³/mol.